The van der Waals surface area contributed by atoms with Crippen LogP contribution in [0.5, 0.6) is 11.5 Å². The van der Waals surface area contributed by atoms with Gasteiger partial charge in [0.15, 0.2) is 11.5 Å². The molecule has 4 aromatic carbocycles. The maximum Gasteiger partial charge on any atom is 0.296 e. The van der Waals surface area contributed by atoms with Gasteiger partial charge in [-0.3, -0.25) is 14.9 Å². The molecule has 1 N–H and O–H groups in total. The number of carbonyl (C=O) groups excluding carboxylic acids is 1. The van der Waals surface area contributed by atoms with Crippen LogP contribution in [0, 0.1) is 10.1 Å². The van der Waals surface area contributed by atoms with Crippen LogP contribution in [0.1, 0.15) is 21.5 Å². The fourth-order valence-corrected chi connectivity index (χ4v) is 3.25. The van der Waals surface area contributed by atoms with Gasteiger partial charge in [0.2, 0.25) is 0 Å². The van der Waals surface area contributed by atoms with E-state index in [9.17, 15) is 20.0 Å². The van der Waals surface area contributed by atoms with E-state index < -0.39 is 10.7 Å². The van der Waals surface area contributed by atoms with Gasteiger partial charge in [0.05, 0.1) is 10.5 Å². The second-order valence-electron chi connectivity index (χ2n) is 7.25. The maximum atomic E-state index is 13.3. The number of carbonyl (C=O) groups is 1. The maximum absolute atomic E-state index is 13.3. The summed E-state index contributed by atoms with van der Waals surface area (Å²) in [5.74, 6) is -0.477. The topological polar surface area (TPSA) is 114 Å². The minimum Gasteiger partial charge on any atom is -0.505 e. The standard InChI is InChI=1S/C26H19N3O5/c30-24-16-20(34-17-18-9-3-1-4-10-18)15-21(26(31)19-11-5-2-6-12-19)25(24)28-27-22-13-7-8-14-23(22)29(32)33/h1-16,30H,17H2. The average Bonchev–Trinajstić information content (AvgIpc) is 2.87. The predicted octanol–water partition coefficient (Wildman–Crippen LogP) is 6.53. The van der Waals surface area contributed by atoms with E-state index in [4.69, 9.17) is 4.74 Å². The lowest BCUT2D eigenvalue weighted by molar-refractivity contribution is -0.384. The van der Waals surface area contributed by atoms with E-state index in [0.717, 1.165) is 5.56 Å². The number of nitro groups is 1. The summed E-state index contributed by atoms with van der Waals surface area (Å²) in [6.45, 7) is 0.232. The molecule has 8 heteroatoms. The number of hydrogen-bond donors (Lipinski definition) is 1. The largest absolute Gasteiger partial charge is 0.505 e. The summed E-state index contributed by atoms with van der Waals surface area (Å²) < 4.78 is 5.79. The predicted molar refractivity (Wildman–Crippen MR) is 126 cm³/mol. The molecule has 0 saturated carbocycles. The zero-order valence-electron chi connectivity index (χ0n) is 17.9. The third-order valence-corrected chi connectivity index (χ3v) is 4.93. The SMILES string of the molecule is O=C(c1ccccc1)c1cc(OCc2ccccc2)cc(O)c1N=Nc1ccccc1[N+](=O)[O-]. The Morgan fingerprint density at radius 1 is 0.882 bits per heavy atom. The number of benzene rings is 4. The van der Waals surface area contributed by atoms with E-state index in [1.165, 1.54) is 30.3 Å². The third kappa shape index (κ3) is 5.13. The van der Waals surface area contributed by atoms with Crippen molar-refractivity contribution in [1.29, 1.82) is 0 Å². The number of para-hydroxylation sites is 1. The van der Waals surface area contributed by atoms with Gasteiger partial charge in [-0.1, -0.05) is 72.8 Å². The summed E-state index contributed by atoms with van der Waals surface area (Å²) in [5, 5.41) is 29.9. The molecule has 0 aliphatic heterocycles. The Bertz CT molecular complexity index is 1360. The van der Waals surface area contributed by atoms with E-state index in [1.54, 1.807) is 36.4 Å². The first-order valence-electron chi connectivity index (χ1n) is 10.3. The van der Waals surface area contributed by atoms with Crippen molar-refractivity contribution < 1.29 is 19.6 Å². The highest BCUT2D eigenvalue weighted by Gasteiger charge is 2.20. The van der Waals surface area contributed by atoms with E-state index in [1.807, 2.05) is 30.3 Å². The quantitative estimate of drug-likeness (QED) is 0.141. The zero-order valence-corrected chi connectivity index (χ0v) is 17.9. The fraction of sp³-hybridized carbons (Fsp3) is 0.0385. The van der Waals surface area contributed by atoms with E-state index >= 15 is 0 Å². The molecule has 0 aromatic heterocycles. The molecular weight excluding hydrogens is 434 g/mol. The minimum absolute atomic E-state index is 0.00517. The number of hydrogen-bond acceptors (Lipinski definition) is 7. The van der Waals surface area contributed by atoms with Crippen molar-refractivity contribution in [2.45, 2.75) is 6.61 Å². The van der Waals surface area contributed by atoms with Crippen LogP contribution in [0.4, 0.5) is 17.1 Å². The summed E-state index contributed by atoms with van der Waals surface area (Å²) in [5.41, 5.74) is 0.983. The summed E-state index contributed by atoms with van der Waals surface area (Å²) in [7, 11) is 0. The van der Waals surface area contributed by atoms with Gasteiger partial charge in [0.25, 0.3) is 5.69 Å². The average molecular weight is 453 g/mol. The Labute approximate surface area is 195 Å². The zero-order chi connectivity index (χ0) is 23.9. The van der Waals surface area contributed by atoms with E-state index in [0.29, 0.717) is 5.56 Å². The summed E-state index contributed by atoms with van der Waals surface area (Å²) in [6, 6.07) is 26.6. The molecule has 0 unspecified atom stereocenters. The Kier molecular flexibility index (Phi) is 6.69. The number of phenols is 1. The van der Waals surface area contributed by atoms with Crippen LogP contribution in [-0.2, 0) is 6.61 Å². The second-order valence-corrected chi connectivity index (χ2v) is 7.25. The lowest BCUT2D eigenvalue weighted by atomic mass is 10.0. The Morgan fingerprint density at radius 3 is 2.24 bits per heavy atom. The Balaban J connectivity index is 1.74. The van der Waals surface area contributed by atoms with Gasteiger partial charge in [-0.25, -0.2) is 0 Å². The van der Waals surface area contributed by atoms with Gasteiger partial charge in [0, 0.05) is 17.7 Å². The highest BCUT2D eigenvalue weighted by atomic mass is 16.6. The van der Waals surface area contributed by atoms with Gasteiger partial charge in [-0.05, 0) is 17.7 Å². The first-order chi connectivity index (χ1) is 16.5. The number of ketones is 1. The second kappa shape index (κ2) is 10.2. The van der Waals surface area contributed by atoms with Gasteiger partial charge in [0.1, 0.15) is 23.8 Å². The Morgan fingerprint density at radius 2 is 1.53 bits per heavy atom. The number of azo groups is 1. The first-order valence-corrected chi connectivity index (χ1v) is 10.3. The van der Waals surface area contributed by atoms with Gasteiger partial charge < -0.3 is 9.84 Å². The molecule has 0 radical (unpaired) electrons. The highest BCUT2D eigenvalue weighted by molar-refractivity contribution is 6.12. The molecule has 0 spiro atoms. The normalized spacial score (nSPS) is 10.8. The molecule has 0 heterocycles. The van der Waals surface area contributed by atoms with Crippen molar-refractivity contribution in [3.63, 3.8) is 0 Å². The van der Waals surface area contributed by atoms with Gasteiger partial charge in [-0.2, -0.15) is 0 Å². The number of nitrogens with zero attached hydrogens (tertiary/aromatic N) is 3. The molecule has 0 atom stereocenters. The highest BCUT2D eigenvalue weighted by Crippen LogP contribution is 2.38. The summed E-state index contributed by atoms with van der Waals surface area (Å²) >= 11 is 0. The molecular formula is C26H19N3O5. The van der Waals surface area contributed by atoms with Gasteiger partial charge >= 0.3 is 0 Å². The number of aromatic hydroxyl groups is 1. The number of rotatable bonds is 8. The smallest absolute Gasteiger partial charge is 0.296 e. The lowest BCUT2D eigenvalue weighted by Crippen LogP contribution is -2.03. The number of ether oxygens (including phenoxy) is 1. The van der Waals surface area contributed by atoms with Crippen LogP contribution in [-0.4, -0.2) is 15.8 Å². The molecule has 34 heavy (non-hydrogen) atoms. The van der Waals surface area contributed by atoms with Gasteiger partial charge in [-0.15, -0.1) is 10.2 Å². The van der Waals surface area contributed by atoms with Crippen molar-refractivity contribution in [2.75, 3.05) is 0 Å². The van der Waals surface area contributed by atoms with Crippen LogP contribution < -0.4 is 4.74 Å². The van der Waals surface area contributed by atoms with Crippen molar-refractivity contribution in [3.8, 4) is 11.5 Å². The fourth-order valence-electron chi connectivity index (χ4n) is 3.25. The molecule has 0 saturated heterocycles. The van der Waals surface area contributed by atoms with Crippen LogP contribution in [0.25, 0.3) is 0 Å². The third-order valence-electron chi connectivity index (χ3n) is 4.93. The van der Waals surface area contributed by atoms with Crippen LogP contribution in [0.3, 0.4) is 0 Å². The molecule has 4 aromatic rings. The van der Waals surface area contributed by atoms with Crippen molar-refractivity contribution in [1.82, 2.24) is 0 Å². The van der Waals surface area contributed by atoms with Crippen LogP contribution >= 0.6 is 0 Å². The molecule has 0 aliphatic carbocycles. The molecule has 0 amide bonds. The lowest BCUT2D eigenvalue weighted by Gasteiger charge is -2.12. The van der Waals surface area contributed by atoms with E-state index in [2.05, 4.69) is 10.2 Å². The number of nitro benzene ring substituents is 1. The number of phenolic OH excluding ortho intramolecular Hbond substituents is 1. The van der Waals surface area contributed by atoms with Crippen LogP contribution in [0.2, 0.25) is 0 Å². The molecule has 0 bridgehead atoms. The summed E-state index contributed by atoms with van der Waals surface area (Å²) in [6.07, 6.45) is 0. The Hall–Kier alpha value is -4.85. The van der Waals surface area contributed by atoms with Crippen molar-refractivity contribution in [3.05, 3.63) is 124 Å². The van der Waals surface area contributed by atoms with Crippen molar-refractivity contribution >= 4 is 22.8 Å². The molecule has 4 rings (SSSR count). The van der Waals surface area contributed by atoms with Crippen molar-refractivity contribution in [2.24, 2.45) is 10.2 Å². The molecule has 0 aliphatic rings. The molecule has 0 fully saturated rings. The van der Waals surface area contributed by atoms with Crippen LogP contribution in [0.15, 0.2) is 107 Å². The molecule has 8 nitrogen and oxygen atoms in total. The molecule has 168 valence electrons. The minimum atomic E-state index is -0.579. The van der Waals surface area contributed by atoms with E-state index in [-0.39, 0.29) is 40.7 Å². The summed E-state index contributed by atoms with van der Waals surface area (Å²) in [4.78, 5) is 24.0. The monoisotopic (exact) mass is 453 g/mol. The first kappa shape index (κ1) is 22.3.